The molecule has 0 bridgehead atoms. The van der Waals surface area contributed by atoms with E-state index in [1.165, 1.54) is 89.9 Å². The van der Waals surface area contributed by atoms with Gasteiger partial charge in [0.05, 0.1) is 6.61 Å². The third-order valence-electron chi connectivity index (χ3n) is 7.37. The Bertz CT molecular complexity index is 774. The molecule has 0 N–H and O–H groups in total. The zero-order valence-electron chi connectivity index (χ0n) is 26.6. The molecule has 0 saturated carbocycles. The zero-order chi connectivity index (χ0) is 29.6. The number of aryl methyl sites for hydroxylation is 1. The summed E-state index contributed by atoms with van der Waals surface area (Å²) in [6, 6.07) is 6.07. The quantitative estimate of drug-likeness (QED) is 0.0451. The number of unbranched alkanes of at least 4 members (excludes halogenated alkanes) is 18. The fourth-order valence-corrected chi connectivity index (χ4v) is 4.81. The average molecular weight is 655 g/mol. The molecule has 7 heteroatoms. The van der Waals surface area contributed by atoms with E-state index in [1.54, 1.807) is 0 Å². The Hall–Kier alpha value is -1.89. The molecule has 0 aliphatic rings. The molecule has 0 aliphatic carbocycles. The van der Waals surface area contributed by atoms with E-state index in [0.717, 1.165) is 45.1 Å². The first-order chi connectivity index (χ1) is 20.1. The minimum Gasteiger partial charge on any atom is -1.00 e. The van der Waals surface area contributed by atoms with E-state index in [0.29, 0.717) is 18.6 Å². The zero-order valence-corrected chi connectivity index (χ0v) is 28.2. The number of aromatic nitrogens is 1. The monoisotopic (exact) mass is 653 g/mol. The molecule has 1 aromatic rings. The fourth-order valence-electron chi connectivity index (χ4n) is 4.81. The predicted octanol–water partition coefficient (Wildman–Crippen LogP) is 6.44. The van der Waals surface area contributed by atoms with Gasteiger partial charge in [-0.15, -0.1) is 0 Å². The second-order valence-corrected chi connectivity index (χ2v) is 11.4. The van der Waals surface area contributed by atoms with Crippen LogP contribution in [0.1, 0.15) is 142 Å². The number of hydrogen-bond acceptors (Lipinski definition) is 5. The van der Waals surface area contributed by atoms with E-state index < -0.39 is 6.16 Å². The van der Waals surface area contributed by atoms with E-state index in [2.05, 4.69) is 30.5 Å². The Morgan fingerprint density at radius 1 is 0.595 bits per heavy atom. The molecule has 0 radical (unpaired) electrons. The van der Waals surface area contributed by atoms with Crippen LogP contribution in [0.3, 0.4) is 0 Å². The van der Waals surface area contributed by atoms with Crippen molar-refractivity contribution in [2.45, 2.75) is 148 Å². The highest BCUT2D eigenvalue weighted by Crippen LogP contribution is 2.14. The van der Waals surface area contributed by atoms with Crippen LogP contribution in [0, 0.1) is 0 Å². The van der Waals surface area contributed by atoms with Gasteiger partial charge in [-0.2, -0.15) is 0 Å². The van der Waals surface area contributed by atoms with E-state index in [4.69, 9.17) is 14.2 Å². The van der Waals surface area contributed by atoms with Crippen molar-refractivity contribution in [3.63, 3.8) is 0 Å². The lowest BCUT2D eigenvalue weighted by Gasteiger charge is -2.09. The van der Waals surface area contributed by atoms with Crippen LogP contribution in [0.2, 0.25) is 0 Å². The first kappa shape index (κ1) is 40.1. The first-order valence-electron chi connectivity index (χ1n) is 16.7. The van der Waals surface area contributed by atoms with Crippen molar-refractivity contribution in [1.29, 1.82) is 0 Å². The van der Waals surface area contributed by atoms with E-state index in [1.807, 2.05) is 18.2 Å². The Balaban J connectivity index is 0.0000168. The van der Waals surface area contributed by atoms with Crippen LogP contribution < -0.4 is 21.5 Å². The smallest absolute Gasteiger partial charge is 0.508 e. The van der Waals surface area contributed by atoms with Crippen molar-refractivity contribution in [1.82, 2.24) is 0 Å². The summed E-state index contributed by atoms with van der Waals surface area (Å²) in [6.45, 7) is 7.53. The molecule has 242 valence electrons. The molecular weight excluding hydrogens is 594 g/mol. The summed E-state index contributed by atoms with van der Waals surface area (Å²) >= 11 is 0. The molecule has 42 heavy (non-hydrogen) atoms. The maximum atomic E-state index is 11.9. The van der Waals surface area contributed by atoms with E-state index >= 15 is 0 Å². The van der Waals surface area contributed by atoms with Gasteiger partial charge in [0.2, 0.25) is 0 Å². The molecule has 1 rings (SSSR count). The lowest BCUT2D eigenvalue weighted by atomic mass is 10.0. The van der Waals surface area contributed by atoms with Crippen LogP contribution in [0.15, 0.2) is 42.7 Å². The van der Waals surface area contributed by atoms with Crippen molar-refractivity contribution in [3.05, 3.63) is 42.7 Å². The SMILES string of the molecule is C=C(COC(=O)CCCCCC[n+]1ccccc1)COC(=O)OCCCCCCCCCCCCCCCCCC.[Br-]. The molecule has 0 atom stereocenters. The van der Waals surface area contributed by atoms with Gasteiger partial charge >= 0.3 is 12.1 Å². The second kappa shape index (κ2) is 30.6. The van der Waals surface area contributed by atoms with Crippen molar-refractivity contribution in [3.8, 4) is 0 Å². The fraction of sp³-hybridized carbons (Fsp3) is 0.743. The molecule has 0 spiro atoms. The van der Waals surface area contributed by atoms with Crippen LogP contribution in [-0.4, -0.2) is 31.9 Å². The molecule has 0 aliphatic heterocycles. The largest absolute Gasteiger partial charge is 1.00 e. The highest BCUT2D eigenvalue weighted by atomic mass is 79.9. The number of nitrogens with zero attached hydrogens (tertiary/aromatic N) is 1. The summed E-state index contributed by atoms with van der Waals surface area (Å²) in [7, 11) is 0. The Morgan fingerprint density at radius 3 is 1.64 bits per heavy atom. The van der Waals surface area contributed by atoms with Gasteiger partial charge in [-0.3, -0.25) is 4.79 Å². The van der Waals surface area contributed by atoms with Gasteiger partial charge in [0.1, 0.15) is 19.8 Å². The van der Waals surface area contributed by atoms with Gasteiger partial charge in [-0.1, -0.05) is 122 Å². The van der Waals surface area contributed by atoms with Crippen molar-refractivity contribution < 1.29 is 45.3 Å². The number of ether oxygens (including phenoxy) is 3. The minimum atomic E-state index is -0.688. The standard InChI is InChI=1S/C35H60NO5.BrH/c1-3-4-5-6-7-8-9-10-11-12-13-14-15-16-19-25-30-39-35(38)41-32-33(2)31-40-34(37)26-21-17-18-22-27-36-28-23-20-24-29-36;/h20,23-24,28-29H,2-19,21-22,25-27,30-32H2,1H3;1H/q+1;/p-1. The summed E-state index contributed by atoms with van der Waals surface area (Å²) in [5, 5.41) is 0. The van der Waals surface area contributed by atoms with E-state index in [9.17, 15) is 9.59 Å². The molecule has 0 fully saturated rings. The number of esters is 1. The highest BCUT2D eigenvalue weighted by Gasteiger charge is 2.08. The number of carbonyl (C=O) groups excluding carboxylic acids is 2. The van der Waals surface area contributed by atoms with Gasteiger partial charge in [0, 0.05) is 25.0 Å². The summed E-state index contributed by atoms with van der Waals surface area (Å²) in [5.74, 6) is -0.241. The molecule has 1 heterocycles. The van der Waals surface area contributed by atoms with Gasteiger partial charge in [0.25, 0.3) is 0 Å². The van der Waals surface area contributed by atoms with Crippen LogP contribution in [0.25, 0.3) is 0 Å². The summed E-state index contributed by atoms with van der Waals surface area (Å²) in [6.07, 6.45) is 28.8. The van der Waals surface area contributed by atoms with Crippen molar-refractivity contribution in [2.75, 3.05) is 19.8 Å². The second-order valence-electron chi connectivity index (χ2n) is 11.4. The van der Waals surface area contributed by atoms with Gasteiger partial charge in [0.15, 0.2) is 12.4 Å². The predicted molar refractivity (Wildman–Crippen MR) is 167 cm³/mol. The van der Waals surface area contributed by atoms with Crippen LogP contribution in [0.5, 0.6) is 0 Å². The summed E-state index contributed by atoms with van der Waals surface area (Å²) in [4.78, 5) is 23.7. The summed E-state index contributed by atoms with van der Waals surface area (Å²) < 4.78 is 17.6. The van der Waals surface area contributed by atoms with Crippen LogP contribution >= 0.6 is 0 Å². The molecule has 6 nitrogen and oxygen atoms in total. The van der Waals surface area contributed by atoms with Crippen molar-refractivity contribution >= 4 is 12.1 Å². The first-order valence-corrected chi connectivity index (χ1v) is 16.7. The lowest BCUT2D eigenvalue weighted by molar-refractivity contribution is -0.697. The minimum absolute atomic E-state index is 0. The molecule has 0 unspecified atom stereocenters. The van der Waals surface area contributed by atoms with Gasteiger partial charge < -0.3 is 31.2 Å². The number of pyridine rings is 1. The molecule has 0 amide bonds. The average Bonchev–Trinajstić information content (AvgIpc) is 2.98. The van der Waals surface area contributed by atoms with Crippen molar-refractivity contribution in [2.24, 2.45) is 0 Å². The Morgan fingerprint density at radius 2 is 1.07 bits per heavy atom. The lowest BCUT2D eigenvalue weighted by Crippen LogP contribution is -3.00. The Kier molecular flexibility index (Phi) is 29.2. The normalized spacial score (nSPS) is 10.6. The maximum absolute atomic E-state index is 11.9. The molecule has 1 aromatic heterocycles. The third-order valence-corrected chi connectivity index (χ3v) is 7.37. The molecule has 0 saturated heterocycles. The highest BCUT2D eigenvalue weighted by molar-refractivity contribution is 5.69. The number of carbonyl (C=O) groups is 2. The topological polar surface area (TPSA) is 65.7 Å². The van der Waals surface area contributed by atoms with Gasteiger partial charge in [-0.25, -0.2) is 9.36 Å². The number of halogens is 1. The summed E-state index contributed by atoms with van der Waals surface area (Å²) in [5.41, 5.74) is 0.539. The maximum Gasteiger partial charge on any atom is 0.508 e. The van der Waals surface area contributed by atoms with Gasteiger partial charge in [-0.05, 0) is 24.8 Å². The Labute approximate surface area is 267 Å². The molecular formula is C35H60BrNO5. The number of hydrogen-bond donors (Lipinski definition) is 0. The number of rotatable bonds is 28. The van der Waals surface area contributed by atoms with E-state index in [-0.39, 0.29) is 36.2 Å². The van der Waals surface area contributed by atoms with Crippen LogP contribution in [0.4, 0.5) is 4.79 Å². The third kappa shape index (κ3) is 27.0. The molecule has 0 aromatic carbocycles. The van der Waals surface area contributed by atoms with Crippen LogP contribution in [-0.2, 0) is 25.5 Å².